The van der Waals surface area contributed by atoms with Crippen LogP contribution in [0.4, 0.5) is 0 Å². The van der Waals surface area contributed by atoms with Gasteiger partial charge in [0, 0.05) is 11.3 Å². The fraction of sp³-hybridized carbons (Fsp3) is 0.294. The van der Waals surface area contributed by atoms with Crippen molar-refractivity contribution in [2.45, 2.75) is 13.3 Å². The van der Waals surface area contributed by atoms with Gasteiger partial charge in [0.15, 0.2) is 18.1 Å². The van der Waals surface area contributed by atoms with E-state index in [1.807, 2.05) is 13.0 Å². The summed E-state index contributed by atoms with van der Waals surface area (Å²) in [6.45, 7) is 2.58. The molecule has 1 aromatic carbocycles. The molecule has 24 heavy (non-hydrogen) atoms. The van der Waals surface area contributed by atoms with E-state index in [1.165, 1.54) is 23.5 Å². The molecule has 0 fully saturated rings. The highest BCUT2D eigenvalue weighted by atomic mass is 35.5. The molecule has 0 aliphatic carbocycles. The molecule has 0 N–H and O–H groups in total. The van der Waals surface area contributed by atoms with Crippen LogP contribution in [0.1, 0.15) is 31.3 Å². The largest absolute Gasteiger partial charge is 0.489 e. The molecule has 1 aromatic heterocycles. The normalized spacial score (nSPS) is 13.2. The summed E-state index contributed by atoms with van der Waals surface area (Å²) < 4.78 is 16.1. The van der Waals surface area contributed by atoms with E-state index < -0.39 is 5.97 Å². The Morgan fingerprint density at radius 2 is 2.04 bits per heavy atom. The lowest BCUT2D eigenvalue weighted by Gasteiger charge is -2.11. The van der Waals surface area contributed by atoms with Crippen molar-refractivity contribution in [3.8, 4) is 11.5 Å². The van der Waals surface area contributed by atoms with Crippen LogP contribution in [0.15, 0.2) is 24.3 Å². The van der Waals surface area contributed by atoms with Crippen LogP contribution in [0, 0.1) is 6.92 Å². The Hall–Kier alpha value is -2.05. The predicted octanol–water partition coefficient (Wildman–Crippen LogP) is 3.91. The van der Waals surface area contributed by atoms with Crippen LogP contribution < -0.4 is 9.47 Å². The number of hydrogen-bond donors (Lipinski definition) is 0. The average Bonchev–Trinajstić information content (AvgIpc) is 2.85. The standard InChI is InChI=1S/C17H15ClO5S/c1-10-3-4-15(24-10)13(19)9-23-17(20)11-7-12(18)16-14(8-11)21-5-2-6-22-16/h3-4,7-8H,2,5-6,9H2,1H3. The van der Waals surface area contributed by atoms with Crippen molar-refractivity contribution >= 4 is 34.7 Å². The lowest BCUT2D eigenvalue weighted by Crippen LogP contribution is -2.13. The minimum absolute atomic E-state index is 0.222. The Labute approximate surface area is 148 Å². The first kappa shape index (κ1) is 16.8. The first-order chi connectivity index (χ1) is 11.5. The van der Waals surface area contributed by atoms with Gasteiger partial charge in [-0.25, -0.2) is 4.79 Å². The van der Waals surface area contributed by atoms with Gasteiger partial charge in [0.1, 0.15) is 0 Å². The second kappa shape index (κ2) is 7.23. The number of benzene rings is 1. The van der Waals surface area contributed by atoms with Crippen molar-refractivity contribution in [1.29, 1.82) is 0 Å². The van der Waals surface area contributed by atoms with E-state index >= 15 is 0 Å². The van der Waals surface area contributed by atoms with Crippen LogP contribution >= 0.6 is 22.9 Å². The maximum atomic E-state index is 12.2. The van der Waals surface area contributed by atoms with Gasteiger partial charge in [-0.2, -0.15) is 0 Å². The van der Waals surface area contributed by atoms with E-state index in [2.05, 4.69) is 0 Å². The van der Waals surface area contributed by atoms with Gasteiger partial charge < -0.3 is 14.2 Å². The zero-order chi connectivity index (χ0) is 17.1. The van der Waals surface area contributed by atoms with Crippen LogP contribution in [0.3, 0.4) is 0 Å². The highest BCUT2D eigenvalue weighted by molar-refractivity contribution is 7.14. The Kier molecular flexibility index (Phi) is 5.06. The van der Waals surface area contributed by atoms with Gasteiger partial charge in [-0.15, -0.1) is 11.3 Å². The third-order valence-electron chi connectivity index (χ3n) is 3.39. The summed E-state index contributed by atoms with van der Waals surface area (Å²) in [5.74, 6) is -0.0286. The summed E-state index contributed by atoms with van der Waals surface area (Å²) in [4.78, 5) is 25.8. The van der Waals surface area contributed by atoms with Crippen molar-refractivity contribution in [3.05, 3.63) is 44.6 Å². The van der Waals surface area contributed by atoms with Crippen LogP contribution in [-0.2, 0) is 4.74 Å². The second-order valence-corrected chi connectivity index (χ2v) is 6.94. The van der Waals surface area contributed by atoms with Crippen LogP contribution in [0.25, 0.3) is 0 Å². The van der Waals surface area contributed by atoms with Crippen molar-refractivity contribution in [2.75, 3.05) is 19.8 Å². The Morgan fingerprint density at radius 1 is 1.25 bits per heavy atom. The number of hydrogen-bond acceptors (Lipinski definition) is 6. The molecule has 3 rings (SSSR count). The number of esters is 1. The molecule has 7 heteroatoms. The number of carbonyl (C=O) groups excluding carboxylic acids is 2. The molecule has 0 bridgehead atoms. The van der Waals surface area contributed by atoms with E-state index in [-0.39, 0.29) is 23.0 Å². The quantitative estimate of drug-likeness (QED) is 0.606. The SMILES string of the molecule is Cc1ccc(C(=O)COC(=O)c2cc(Cl)c3c(c2)OCCCO3)s1. The van der Waals surface area contributed by atoms with E-state index in [1.54, 1.807) is 6.07 Å². The maximum absolute atomic E-state index is 12.2. The number of ketones is 1. The van der Waals surface area contributed by atoms with Gasteiger partial charge in [0.2, 0.25) is 5.78 Å². The number of rotatable bonds is 4. The van der Waals surface area contributed by atoms with Gasteiger partial charge in [-0.05, 0) is 31.2 Å². The number of Topliss-reactive ketones (excluding diaryl/α,β-unsaturated/α-hetero) is 1. The number of halogens is 1. The summed E-state index contributed by atoms with van der Waals surface area (Å²) in [5.41, 5.74) is 0.222. The van der Waals surface area contributed by atoms with Crippen LogP contribution in [0.2, 0.25) is 5.02 Å². The van der Waals surface area contributed by atoms with Gasteiger partial charge in [0.05, 0.1) is 28.7 Å². The molecule has 2 heterocycles. The number of carbonyl (C=O) groups is 2. The van der Waals surface area contributed by atoms with E-state index in [9.17, 15) is 9.59 Å². The van der Waals surface area contributed by atoms with Gasteiger partial charge >= 0.3 is 5.97 Å². The highest BCUT2D eigenvalue weighted by Gasteiger charge is 2.20. The zero-order valence-corrected chi connectivity index (χ0v) is 14.5. The lowest BCUT2D eigenvalue weighted by atomic mass is 10.2. The Balaban J connectivity index is 1.70. The van der Waals surface area contributed by atoms with Crippen LogP contribution in [0.5, 0.6) is 11.5 Å². The smallest absolute Gasteiger partial charge is 0.338 e. The molecule has 0 amide bonds. The third kappa shape index (κ3) is 3.71. The summed E-state index contributed by atoms with van der Waals surface area (Å²) >= 11 is 7.52. The lowest BCUT2D eigenvalue weighted by molar-refractivity contribution is 0.0475. The van der Waals surface area contributed by atoms with Crippen molar-refractivity contribution in [3.63, 3.8) is 0 Å². The molecule has 0 unspecified atom stereocenters. The maximum Gasteiger partial charge on any atom is 0.338 e. The number of aryl methyl sites for hydroxylation is 1. The molecule has 0 saturated heterocycles. The summed E-state index contributed by atoms with van der Waals surface area (Å²) in [5, 5.41) is 0.279. The molecule has 0 atom stereocenters. The molecule has 126 valence electrons. The van der Waals surface area contributed by atoms with Gasteiger partial charge in [0.25, 0.3) is 0 Å². The topological polar surface area (TPSA) is 61.8 Å². The first-order valence-corrected chi connectivity index (χ1v) is 8.60. The van der Waals surface area contributed by atoms with Crippen LogP contribution in [-0.4, -0.2) is 31.6 Å². The molecular formula is C17H15ClO5S. The van der Waals surface area contributed by atoms with E-state index in [0.717, 1.165) is 11.3 Å². The predicted molar refractivity (Wildman–Crippen MR) is 90.7 cm³/mol. The number of thiophene rings is 1. The first-order valence-electron chi connectivity index (χ1n) is 7.40. The fourth-order valence-corrected chi connectivity index (χ4v) is 3.28. The molecule has 5 nitrogen and oxygen atoms in total. The minimum Gasteiger partial charge on any atom is -0.489 e. The number of ether oxygens (including phenoxy) is 3. The van der Waals surface area contributed by atoms with Crippen molar-refractivity contribution < 1.29 is 23.8 Å². The monoisotopic (exact) mass is 366 g/mol. The average molecular weight is 367 g/mol. The molecule has 0 spiro atoms. The molecule has 2 aromatic rings. The molecule has 1 aliphatic rings. The molecule has 0 saturated carbocycles. The van der Waals surface area contributed by atoms with Crippen molar-refractivity contribution in [2.24, 2.45) is 0 Å². The fourth-order valence-electron chi connectivity index (χ4n) is 2.22. The second-order valence-electron chi connectivity index (χ2n) is 5.25. The number of fused-ring (bicyclic) bond motifs is 1. The molecular weight excluding hydrogens is 352 g/mol. The van der Waals surface area contributed by atoms with Gasteiger partial charge in [-0.3, -0.25) is 4.79 Å². The zero-order valence-electron chi connectivity index (χ0n) is 13.0. The molecule has 0 radical (unpaired) electrons. The van der Waals surface area contributed by atoms with E-state index in [4.69, 9.17) is 25.8 Å². The Bertz CT molecular complexity index is 783. The van der Waals surface area contributed by atoms with Gasteiger partial charge in [-0.1, -0.05) is 11.6 Å². The minimum atomic E-state index is -0.630. The van der Waals surface area contributed by atoms with Crippen molar-refractivity contribution in [1.82, 2.24) is 0 Å². The van der Waals surface area contributed by atoms with E-state index in [0.29, 0.717) is 29.6 Å². The third-order valence-corrected chi connectivity index (χ3v) is 4.71. The highest BCUT2D eigenvalue weighted by Crippen LogP contribution is 2.38. The summed E-state index contributed by atoms with van der Waals surface area (Å²) in [6, 6.07) is 6.55. The summed E-state index contributed by atoms with van der Waals surface area (Å²) in [6.07, 6.45) is 0.736. The Morgan fingerprint density at radius 3 is 2.79 bits per heavy atom. The molecule has 1 aliphatic heterocycles. The summed E-state index contributed by atoms with van der Waals surface area (Å²) in [7, 11) is 0.